The van der Waals surface area contributed by atoms with E-state index in [1.165, 1.54) is 35.8 Å². The molecular formula is C15H26BrN3. The predicted molar refractivity (Wildman–Crippen MR) is 83.1 cm³/mol. The van der Waals surface area contributed by atoms with Crippen LogP contribution in [0.3, 0.4) is 0 Å². The Morgan fingerprint density at radius 1 is 1.42 bits per heavy atom. The maximum Gasteiger partial charge on any atom is 0.0766 e. The van der Waals surface area contributed by atoms with Gasteiger partial charge in [-0.1, -0.05) is 26.7 Å². The molecule has 1 aliphatic carbocycles. The zero-order valence-corrected chi connectivity index (χ0v) is 14.0. The molecule has 2 N–H and O–H groups in total. The van der Waals surface area contributed by atoms with Gasteiger partial charge in [-0.25, -0.2) is 0 Å². The number of aromatic nitrogens is 2. The minimum Gasteiger partial charge on any atom is -0.330 e. The van der Waals surface area contributed by atoms with Gasteiger partial charge in [-0.15, -0.1) is 0 Å². The van der Waals surface area contributed by atoms with Crippen molar-refractivity contribution in [2.45, 2.75) is 52.4 Å². The third-order valence-electron chi connectivity index (χ3n) is 4.81. The van der Waals surface area contributed by atoms with Crippen LogP contribution >= 0.6 is 15.9 Å². The number of hydrogen-bond donors (Lipinski definition) is 1. The van der Waals surface area contributed by atoms with Crippen LogP contribution in [0.4, 0.5) is 0 Å². The van der Waals surface area contributed by atoms with Gasteiger partial charge in [0.1, 0.15) is 0 Å². The molecule has 0 aliphatic heterocycles. The summed E-state index contributed by atoms with van der Waals surface area (Å²) in [7, 11) is 2.05. The summed E-state index contributed by atoms with van der Waals surface area (Å²) in [5.41, 5.74) is 8.89. The molecule has 108 valence electrons. The van der Waals surface area contributed by atoms with Crippen molar-refractivity contribution in [2.75, 3.05) is 6.54 Å². The summed E-state index contributed by atoms with van der Waals surface area (Å²) in [5.74, 6) is 0.862. The first-order valence-corrected chi connectivity index (χ1v) is 8.21. The van der Waals surface area contributed by atoms with E-state index in [2.05, 4.69) is 41.9 Å². The number of nitrogens with zero attached hydrogens (tertiary/aromatic N) is 2. The highest BCUT2D eigenvalue weighted by Gasteiger charge is 2.34. The predicted octanol–water partition coefficient (Wildman–Crippen LogP) is 3.44. The van der Waals surface area contributed by atoms with Crippen molar-refractivity contribution in [3.63, 3.8) is 0 Å². The molecule has 0 saturated heterocycles. The first-order valence-electron chi connectivity index (χ1n) is 7.41. The fourth-order valence-corrected chi connectivity index (χ4v) is 3.95. The van der Waals surface area contributed by atoms with Crippen LogP contribution in [0.1, 0.15) is 50.9 Å². The number of rotatable bonds is 4. The van der Waals surface area contributed by atoms with E-state index in [-0.39, 0.29) is 5.41 Å². The van der Waals surface area contributed by atoms with Crippen molar-refractivity contribution in [3.05, 3.63) is 15.9 Å². The molecule has 1 fully saturated rings. The van der Waals surface area contributed by atoms with E-state index < -0.39 is 0 Å². The van der Waals surface area contributed by atoms with Gasteiger partial charge in [0.05, 0.1) is 15.9 Å². The van der Waals surface area contributed by atoms with Crippen molar-refractivity contribution in [1.29, 1.82) is 0 Å². The third-order valence-corrected chi connectivity index (χ3v) is 5.73. The topological polar surface area (TPSA) is 43.8 Å². The van der Waals surface area contributed by atoms with Gasteiger partial charge in [0.25, 0.3) is 0 Å². The molecule has 1 saturated carbocycles. The Kier molecular flexibility index (Phi) is 4.72. The Hall–Kier alpha value is -0.350. The molecule has 1 heterocycles. The molecule has 0 atom stereocenters. The van der Waals surface area contributed by atoms with Crippen molar-refractivity contribution >= 4 is 15.9 Å². The molecule has 2 rings (SSSR count). The number of hydrogen-bond acceptors (Lipinski definition) is 2. The van der Waals surface area contributed by atoms with Crippen LogP contribution in [0.15, 0.2) is 4.47 Å². The highest BCUT2D eigenvalue weighted by atomic mass is 79.9. The van der Waals surface area contributed by atoms with Crippen molar-refractivity contribution < 1.29 is 0 Å². The van der Waals surface area contributed by atoms with Crippen LogP contribution in [0.2, 0.25) is 0 Å². The molecule has 0 aromatic carbocycles. The van der Waals surface area contributed by atoms with Gasteiger partial charge in [0.2, 0.25) is 0 Å². The largest absolute Gasteiger partial charge is 0.330 e. The van der Waals surface area contributed by atoms with Crippen LogP contribution in [0.5, 0.6) is 0 Å². The van der Waals surface area contributed by atoms with Crippen LogP contribution < -0.4 is 5.73 Å². The lowest BCUT2D eigenvalue weighted by Crippen LogP contribution is -2.37. The van der Waals surface area contributed by atoms with Gasteiger partial charge in [0.15, 0.2) is 0 Å². The van der Waals surface area contributed by atoms with E-state index in [0.29, 0.717) is 0 Å². The average Bonchev–Trinajstić information content (AvgIpc) is 2.69. The van der Waals surface area contributed by atoms with Gasteiger partial charge >= 0.3 is 0 Å². The number of halogens is 1. The van der Waals surface area contributed by atoms with Crippen LogP contribution in [0, 0.1) is 11.3 Å². The summed E-state index contributed by atoms with van der Waals surface area (Å²) in [6.07, 6.45) is 7.16. The smallest absolute Gasteiger partial charge is 0.0766 e. The van der Waals surface area contributed by atoms with E-state index in [1.54, 1.807) is 0 Å². The summed E-state index contributed by atoms with van der Waals surface area (Å²) in [4.78, 5) is 0. The Morgan fingerprint density at radius 2 is 2.05 bits per heavy atom. The van der Waals surface area contributed by atoms with Crippen molar-refractivity contribution in [3.8, 4) is 0 Å². The maximum absolute atomic E-state index is 6.13. The third kappa shape index (κ3) is 3.05. The summed E-state index contributed by atoms with van der Waals surface area (Å²) < 4.78 is 3.24. The van der Waals surface area contributed by atoms with E-state index in [4.69, 9.17) is 5.73 Å². The normalized spacial score (nSPS) is 27.7. The minimum atomic E-state index is 0.286. The zero-order valence-electron chi connectivity index (χ0n) is 12.4. The molecule has 3 nitrogen and oxygen atoms in total. The Morgan fingerprint density at radius 3 is 2.53 bits per heavy atom. The SMILES string of the molecule is CCc1nn(C)c(CC2(CN)CCC(C)CC2)c1Br. The fraction of sp³-hybridized carbons (Fsp3) is 0.800. The standard InChI is InChI=1S/C15H26BrN3/c1-4-12-14(16)13(19(3)18-12)9-15(10-17)7-5-11(2)6-8-15/h11H,4-10,17H2,1-3H3. The lowest BCUT2D eigenvalue weighted by atomic mass is 9.68. The summed E-state index contributed by atoms with van der Waals surface area (Å²) in [6.45, 7) is 5.30. The second kappa shape index (κ2) is 5.96. The second-order valence-electron chi connectivity index (χ2n) is 6.25. The van der Waals surface area contributed by atoms with E-state index in [9.17, 15) is 0 Å². The highest BCUT2D eigenvalue weighted by molar-refractivity contribution is 9.10. The van der Waals surface area contributed by atoms with Crippen LogP contribution in [0.25, 0.3) is 0 Å². The van der Waals surface area contributed by atoms with Gasteiger partial charge in [-0.2, -0.15) is 5.10 Å². The molecule has 1 aromatic rings. The van der Waals surface area contributed by atoms with Gasteiger partial charge < -0.3 is 5.73 Å². The second-order valence-corrected chi connectivity index (χ2v) is 7.04. The van der Waals surface area contributed by atoms with E-state index in [0.717, 1.165) is 31.0 Å². The highest BCUT2D eigenvalue weighted by Crippen LogP contribution is 2.41. The quantitative estimate of drug-likeness (QED) is 0.920. The Bertz CT molecular complexity index is 431. The van der Waals surface area contributed by atoms with E-state index >= 15 is 0 Å². The number of aryl methyl sites for hydroxylation is 2. The first kappa shape index (κ1) is 15.0. The zero-order chi connectivity index (χ0) is 14.0. The molecular weight excluding hydrogens is 302 g/mol. The molecule has 0 spiro atoms. The van der Waals surface area contributed by atoms with Crippen LogP contribution in [-0.2, 0) is 19.9 Å². The Balaban J connectivity index is 2.21. The number of nitrogens with two attached hydrogens (primary N) is 1. The Labute approximate surface area is 125 Å². The summed E-state index contributed by atoms with van der Waals surface area (Å²) in [5, 5.41) is 4.60. The maximum atomic E-state index is 6.13. The molecule has 0 unspecified atom stereocenters. The molecule has 0 radical (unpaired) electrons. The molecule has 0 amide bonds. The molecule has 0 bridgehead atoms. The lowest BCUT2D eigenvalue weighted by molar-refractivity contribution is 0.160. The van der Waals surface area contributed by atoms with E-state index in [1.807, 2.05) is 4.68 Å². The van der Waals surface area contributed by atoms with Gasteiger partial charge in [0, 0.05) is 7.05 Å². The average molecular weight is 328 g/mol. The summed E-state index contributed by atoms with van der Waals surface area (Å²) in [6, 6.07) is 0. The summed E-state index contributed by atoms with van der Waals surface area (Å²) >= 11 is 3.73. The molecule has 4 heteroatoms. The lowest BCUT2D eigenvalue weighted by Gasteiger charge is -2.38. The van der Waals surface area contributed by atoms with Crippen LogP contribution in [-0.4, -0.2) is 16.3 Å². The van der Waals surface area contributed by atoms with Crippen molar-refractivity contribution in [2.24, 2.45) is 24.1 Å². The monoisotopic (exact) mass is 327 g/mol. The van der Waals surface area contributed by atoms with Gasteiger partial charge in [-0.3, -0.25) is 4.68 Å². The minimum absolute atomic E-state index is 0.286. The molecule has 1 aliphatic rings. The van der Waals surface area contributed by atoms with Gasteiger partial charge in [-0.05, 0) is 59.5 Å². The molecule has 19 heavy (non-hydrogen) atoms. The fourth-order valence-electron chi connectivity index (χ4n) is 3.19. The molecule has 1 aromatic heterocycles. The van der Waals surface area contributed by atoms with Crippen molar-refractivity contribution in [1.82, 2.24) is 9.78 Å². The first-order chi connectivity index (χ1) is 9.01.